The van der Waals surface area contributed by atoms with Gasteiger partial charge in [-0.25, -0.2) is 9.19 Å². The lowest BCUT2D eigenvalue weighted by molar-refractivity contribution is 0.482. The molecule has 29 heavy (non-hydrogen) atoms. The number of nitrogens with one attached hydrogen (secondary N) is 2. The molecular weight excluding hydrogens is 382 g/mol. The first-order valence-electron chi connectivity index (χ1n) is 9.54. The molecule has 0 amide bonds. The van der Waals surface area contributed by atoms with Gasteiger partial charge in [-0.1, -0.05) is 30.3 Å². The predicted molar refractivity (Wildman–Crippen MR) is 119 cm³/mol. The van der Waals surface area contributed by atoms with Crippen LogP contribution in [0.2, 0.25) is 0 Å². The zero-order valence-electron chi connectivity index (χ0n) is 16.4. The molecule has 1 aromatic heterocycles. The van der Waals surface area contributed by atoms with Gasteiger partial charge in [0.05, 0.1) is 11.0 Å². The van der Waals surface area contributed by atoms with Crippen molar-refractivity contribution >= 4 is 27.7 Å². The first-order valence-corrected chi connectivity index (χ1v) is 10.8. The van der Waals surface area contributed by atoms with Crippen LogP contribution in [0.25, 0.3) is 11.0 Å². The molecule has 0 fully saturated rings. The average Bonchev–Trinajstić information content (AvgIpc) is 3.11. The van der Waals surface area contributed by atoms with E-state index in [9.17, 15) is 4.21 Å². The van der Waals surface area contributed by atoms with E-state index in [1.807, 2.05) is 86.6 Å². The minimum absolute atomic E-state index is 0.0527. The monoisotopic (exact) mass is 405 g/mol. The molecule has 3 aromatic carbocycles. The number of hydrogen-bond acceptors (Lipinski definition) is 3. The largest absolute Gasteiger partial charge is 0.457 e. The van der Waals surface area contributed by atoms with Gasteiger partial charge >= 0.3 is 0 Å². The number of ether oxygens (including phenoxy) is 1. The number of imidazole rings is 1. The Balaban J connectivity index is 1.45. The molecule has 0 aliphatic heterocycles. The van der Waals surface area contributed by atoms with Crippen LogP contribution in [0.1, 0.15) is 25.2 Å². The summed E-state index contributed by atoms with van der Waals surface area (Å²) in [6.45, 7) is 3.85. The summed E-state index contributed by atoms with van der Waals surface area (Å²) in [7, 11) is -1.10. The second-order valence-corrected chi connectivity index (χ2v) is 8.84. The molecule has 6 heteroatoms. The Morgan fingerprint density at radius 1 is 1.00 bits per heavy atom. The smallest absolute Gasteiger partial charge is 0.127 e. The van der Waals surface area contributed by atoms with Crippen LogP contribution in [0.3, 0.4) is 0 Å². The number of para-hydroxylation sites is 1. The fourth-order valence-electron chi connectivity index (χ4n) is 2.94. The Kier molecular flexibility index (Phi) is 5.62. The van der Waals surface area contributed by atoms with E-state index >= 15 is 0 Å². The van der Waals surface area contributed by atoms with Crippen molar-refractivity contribution in [1.82, 2.24) is 9.97 Å². The minimum Gasteiger partial charge on any atom is -0.457 e. The van der Waals surface area contributed by atoms with Gasteiger partial charge in [0, 0.05) is 17.4 Å². The lowest BCUT2D eigenvalue weighted by atomic mass is 10.1. The van der Waals surface area contributed by atoms with Gasteiger partial charge in [-0.15, -0.1) is 0 Å². The van der Waals surface area contributed by atoms with Crippen LogP contribution < -0.4 is 9.46 Å². The van der Waals surface area contributed by atoms with Gasteiger partial charge in [0.25, 0.3) is 0 Å². The van der Waals surface area contributed by atoms with Gasteiger partial charge in [-0.3, -0.25) is 0 Å². The molecule has 1 atom stereocenters. The summed E-state index contributed by atoms with van der Waals surface area (Å²) in [4.78, 5) is 8.02. The van der Waals surface area contributed by atoms with Crippen molar-refractivity contribution in [3.05, 3.63) is 84.2 Å². The molecule has 148 valence electrons. The zero-order valence-corrected chi connectivity index (χ0v) is 17.2. The summed E-state index contributed by atoms with van der Waals surface area (Å²) in [6, 6.07) is 23.5. The molecule has 0 aliphatic rings. The van der Waals surface area contributed by atoms with Crippen molar-refractivity contribution in [3.8, 4) is 11.5 Å². The van der Waals surface area contributed by atoms with Crippen molar-refractivity contribution in [2.75, 3.05) is 4.72 Å². The average molecular weight is 406 g/mol. The van der Waals surface area contributed by atoms with Crippen molar-refractivity contribution in [2.45, 2.75) is 25.5 Å². The van der Waals surface area contributed by atoms with Crippen molar-refractivity contribution in [2.24, 2.45) is 0 Å². The van der Waals surface area contributed by atoms with Gasteiger partial charge in [0.15, 0.2) is 0 Å². The normalized spacial score (nSPS) is 12.2. The van der Waals surface area contributed by atoms with E-state index < -0.39 is 11.0 Å². The second kappa shape index (κ2) is 8.49. The standard InChI is InChI=1S/C23H23N3O2S/c1-16(2)29(27)26-18-10-13-21-22(15-18)25-23(24-21)14-17-8-11-20(12-9-17)28-19-6-4-3-5-7-19/h3-13,15-16,26H,14H2,1-2H3,(H,24,25). The third kappa shape index (κ3) is 4.84. The number of aromatic amines is 1. The van der Waals surface area contributed by atoms with E-state index in [1.165, 1.54) is 0 Å². The van der Waals surface area contributed by atoms with Gasteiger partial charge in [-0.2, -0.15) is 0 Å². The van der Waals surface area contributed by atoms with E-state index in [4.69, 9.17) is 4.74 Å². The summed E-state index contributed by atoms with van der Waals surface area (Å²) in [6.07, 6.45) is 0.695. The molecule has 0 saturated heterocycles. The van der Waals surface area contributed by atoms with E-state index in [1.54, 1.807) is 0 Å². The van der Waals surface area contributed by atoms with Crippen LogP contribution in [0.15, 0.2) is 72.8 Å². The zero-order chi connectivity index (χ0) is 20.2. The predicted octanol–water partition coefficient (Wildman–Crippen LogP) is 5.43. The number of nitrogens with zero attached hydrogens (tertiary/aromatic N) is 1. The number of benzene rings is 3. The number of aromatic nitrogens is 2. The highest BCUT2D eigenvalue weighted by molar-refractivity contribution is 7.86. The number of H-pyrrole nitrogens is 1. The van der Waals surface area contributed by atoms with Gasteiger partial charge < -0.3 is 14.4 Å². The molecule has 0 saturated carbocycles. The molecule has 0 bridgehead atoms. The van der Waals surface area contributed by atoms with Gasteiger partial charge in [0.2, 0.25) is 0 Å². The summed E-state index contributed by atoms with van der Waals surface area (Å²) in [5.41, 5.74) is 3.78. The minimum atomic E-state index is -1.10. The van der Waals surface area contributed by atoms with Crippen LogP contribution in [0.4, 0.5) is 5.69 Å². The Labute approximate surface area is 172 Å². The Hall–Kier alpha value is -3.12. The lowest BCUT2D eigenvalue weighted by Crippen LogP contribution is -2.14. The molecule has 0 radical (unpaired) electrons. The molecule has 4 rings (SSSR count). The van der Waals surface area contributed by atoms with Crippen LogP contribution in [0.5, 0.6) is 11.5 Å². The molecule has 2 N–H and O–H groups in total. The number of rotatable bonds is 7. The highest BCUT2D eigenvalue weighted by atomic mass is 32.2. The van der Waals surface area contributed by atoms with E-state index in [2.05, 4.69) is 14.7 Å². The number of fused-ring (bicyclic) bond motifs is 1. The van der Waals surface area contributed by atoms with Crippen LogP contribution in [-0.2, 0) is 17.4 Å². The molecule has 0 spiro atoms. The van der Waals surface area contributed by atoms with E-state index in [0.29, 0.717) is 6.42 Å². The van der Waals surface area contributed by atoms with E-state index in [-0.39, 0.29) is 5.25 Å². The van der Waals surface area contributed by atoms with Crippen molar-refractivity contribution in [1.29, 1.82) is 0 Å². The number of anilines is 1. The molecule has 1 heterocycles. The molecule has 4 aromatic rings. The SMILES string of the molecule is CC(C)S(=O)Nc1ccc2nc(Cc3ccc(Oc4ccccc4)cc3)[nH]c2c1. The second-order valence-electron chi connectivity index (χ2n) is 7.10. The summed E-state index contributed by atoms with van der Waals surface area (Å²) in [5.74, 6) is 2.51. The first kappa shape index (κ1) is 19.2. The Morgan fingerprint density at radius 3 is 2.45 bits per heavy atom. The Bertz CT molecular complexity index is 1120. The molecular formula is C23H23N3O2S. The van der Waals surface area contributed by atoms with Crippen molar-refractivity contribution in [3.63, 3.8) is 0 Å². The van der Waals surface area contributed by atoms with Crippen LogP contribution in [-0.4, -0.2) is 19.4 Å². The van der Waals surface area contributed by atoms with E-state index in [0.717, 1.165) is 39.6 Å². The first-order chi connectivity index (χ1) is 14.1. The highest BCUT2D eigenvalue weighted by Crippen LogP contribution is 2.23. The summed E-state index contributed by atoms with van der Waals surface area (Å²) in [5, 5.41) is 0.0527. The quantitative estimate of drug-likeness (QED) is 0.431. The van der Waals surface area contributed by atoms with Gasteiger partial charge in [-0.05, 0) is 61.9 Å². The highest BCUT2D eigenvalue weighted by Gasteiger charge is 2.08. The van der Waals surface area contributed by atoms with Crippen LogP contribution in [0, 0.1) is 0 Å². The maximum atomic E-state index is 12.0. The third-order valence-electron chi connectivity index (χ3n) is 4.45. The third-order valence-corrected chi connectivity index (χ3v) is 5.74. The van der Waals surface area contributed by atoms with Gasteiger partial charge in [0.1, 0.15) is 28.3 Å². The maximum absolute atomic E-state index is 12.0. The summed E-state index contributed by atoms with van der Waals surface area (Å²) < 4.78 is 20.9. The lowest BCUT2D eigenvalue weighted by Gasteiger charge is -2.08. The summed E-state index contributed by atoms with van der Waals surface area (Å²) >= 11 is 0. The maximum Gasteiger partial charge on any atom is 0.127 e. The number of hydrogen-bond donors (Lipinski definition) is 2. The molecule has 5 nitrogen and oxygen atoms in total. The fourth-order valence-corrected chi connectivity index (χ4v) is 3.53. The Morgan fingerprint density at radius 2 is 1.72 bits per heavy atom. The fraction of sp³-hybridized carbons (Fsp3) is 0.174. The van der Waals surface area contributed by atoms with Crippen molar-refractivity contribution < 1.29 is 8.95 Å². The van der Waals surface area contributed by atoms with Crippen LogP contribution >= 0.6 is 0 Å². The molecule has 1 unspecified atom stereocenters. The topological polar surface area (TPSA) is 67.0 Å². The molecule has 0 aliphatic carbocycles.